The molecule has 6 nitrogen and oxygen atoms in total. The van der Waals surface area contributed by atoms with Gasteiger partial charge in [0.15, 0.2) is 0 Å². The number of hydrogen-bond acceptors (Lipinski definition) is 5. The molecule has 0 spiro atoms. The average Bonchev–Trinajstić information content (AvgIpc) is 2.77. The van der Waals surface area contributed by atoms with Crippen molar-refractivity contribution < 1.29 is 14.2 Å². The Labute approximate surface area is 96.2 Å². The highest BCUT2D eigenvalue weighted by atomic mass is 16.7. The molecule has 2 rings (SSSR count). The lowest BCUT2D eigenvalue weighted by Gasteiger charge is -1.88. The van der Waals surface area contributed by atoms with Crippen LogP contribution in [-0.4, -0.2) is 16.8 Å². The highest BCUT2D eigenvalue weighted by Crippen LogP contribution is 2.11. The molecule has 0 aromatic carbocycles. The number of H-pyrrole nitrogens is 1. The second kappa shape index (κ2) is 4.25. The zero-order valence-electron chi connectivity index (χ0n) is 9.31. The van der Waals surface area contributed by atoms with E-state index >= 15 is 0 Å². The zero-order chi connectivity index (χ0) is 12.4. The molecule has 1 aromatic heterocycles. The van der Waals surface area contributed by atoms with E-state index in [-0.39, 0.29) is 0 Å². The summed E-state index contributed by atoms with van der Waals surface area (Å²) in [5, 5.41) is 5.99. The van der Waals surface area contributed by atoms with Crippen LogP contribution >= 0.6 is 0 Å². The molecular weight excluding hydrogens is 224 g/mol. The second-order valence-electron chi connectivity index (χ2n) is 3.53. The Morgan fingerprint density at radius 1 is 1.29 bits per heavy atom. The summed E-state index contributed by atoms with van der Waals surface area (Å²) >= 11 is 0. The van der Waals surface area contributed by atoms with Gasteiger partial charge in [-0.25, -0.2) is 14.7 Å². The van der Waals surface area contributed by atoms with Crippen LogP contribution in [0.2, 0.25) is 0 Å². The van der Waals surface area contributed by atoms with Crippen LogP contribution in [0.3, 0.4) is 0 Å². The summed E-state index contributed by atoms with van der Waals surface area (Å²) in [7, 11) is 0. The molecule has 1 aliphatic rings. The van der Waals surface area contributed by atoms with Gasteiger partial charge in [0.25, 0.3) is 0 Å². The number of hydrogen-bond donors (Lipinski definition) is 1. The quantitative estimate of drug-likeness (QED) is 0.614. The van der Waals surface area contributed by atoms with Crippen LogP contribution in [-0.2, 0) is 9.63 Å². The second-order valence-corrected chi connectivity index (χ2v) is 3.53. The summed E-state index contributed by atoms with van der Waals surface area (Å²) in [4.78, 5) is 26.9. The van der Waals surface area contributed by atoms with E-state index in [9.17, 15) is 9.59 Å². The van der Waals surface area contributed by atoms with E-state index in [0.717, 1.165) is 0 Å². The Morgan fingerprint density at radius 3 is 2.59 bits per heavy atom. The van der Waals surface area contributed by atoms with E-state index in [1.54, 1.807) is 32.1 Å². The van der Waals surface area contributed by atoms with Crippen LogP contribution in [0.4, 0.5) is 0 Å². The third-order valence-corrected chi connectivity index (χ3v) is 2.32. The highest BCUT2D eigenvalue weighted by molar-refractivity contribution is 6.21. The number of aryl methyl sites for hydroxylation is 1. The summed E-state index contributed by atoms with van der Waals surface area (Å²) < 4.78 is 4.59. The SMILES string of the molecule is CC1=NOC(=O)/C1=C\C=C\c1c(C)[nH]oc1=O. The number of carbonyl (C=O) groups is 1. The Bertz CT molecular complexity index is 601. The summed E-state index contributed by atoms with van der Waals surface area (Å²) in [5.74, 6) is -0.495. The Kier molecular flexibility index (Phi) is 2.78. The van der Waals surface area contributed by atoms with E-state index in [2.05, 4.69) is 19.7 Å². The van der Waals surface area contributed by atoms with Gasteiger partial charge >= 0.3 is 11.6 Å². The van der Waals surface area contributed by atoms with Crippen molar-refractivity contribution in [3.05, 3.63) is 39.4 Å². The fourth-order valence-electron chi connectivity index (χ4n) is 1.36. The molecular formula is C11H10N2O4. The minimum Gasteiger partial charge on any atom is -0.338 e. The smallest absolute Gasteiger partial charge is 0.338 e. The molecule has 0 amide bonds. The fraction of sp³-hybridized carbons (Fsp3) is 0.182. The van der Waals surface area contributed by atoms with Gasteiger partial charge in [-0.3, -0.25) is 0 Å². The molecule has 2 heterocycles. The van der Waals surface area contributed by atoms with Crippen LogP contribution in [0.25, 0.3) is 6.08 Å². The predicted molar refractivity (Wildman–Crippen MR) is 60.4 cm³/mol. The molecule has 0 bridgehead atoms. The Balaban J connectivity index is 2.24. The molecule has 1 aliphatic heterocycles. The predicted octanol–water partition coefficient (Wildman–Crippen LogP) is 1.15. The standard InChI is InChI=1S/C11H10N2O4/c1-6-8(10(14)16-12-6)4-3-5-9-7(2)13-17-11(9)15/h3-5,12H,1-2H3/b4-3+,9-5-. The summed E-state index contributed by atoms with van der Waals surface area (Å²) in [6.45, 7) is 3.38. The van der Waals surface area contributed by atoms with Crippen molar-refractivity contribution in [3.63, 3.8) is 0 Å². The van der Waals surface area contributed by atoms with Crippen molar-refractivity contribution in [1.82, 2.24) is 5.16 Å². The maximum Gasteiger partial charge on any atom is 0.367 e. The largest absolute Gasteiger partial charge is 0.367 e. The number of carbonyl (C=O) groups excluding carboxylic acids is 1. The fourth-order valence-corrected chi connectivity index (χ4v) is 1.36. The number of oxime groups is 1. The van der Waals surface area contributed by atoms with Gasteiger partial charge in [-0.05, 0) is 26.0 Å². The minimum absolute atomic E-state index is 0.374. The third kappa shape index (κ3) is 2.10. The molecule has 0 aliphatic carbocycles. The molecule has 0 saturated heterocycles. The van der Waals surface area contributed by atoms with Crippen LogP contribution in [0.1, 0.15) is 18.2 Å². The molecule has 0 saturated carbocycles. The van der Waals surface area contributed by atoms with Gasteiger partial charge in [0.05, 0.1) is 22.5 Å². The first-order valence-electron chi connectivity index (χ1n) is 4.92. The first-order chi connectivity index (χ1) is 8.09. The van der Waals surface area contributed by atoms with E-state index in [4.69, 9.17) is 0 Å². The van der Waals surface area contributed by atoms with Crippen molar-refractivity contribution in [2.75, 3.05) is 0 Å². The number of nitrogens with one attached hydrogen (secondary N) is 1. The normalized spacial score (nSPS) is 17.9. The van der Waals surface area contributed by atoms with Crippen molar-refractivity contribution >= 4 is 17.8 Å². The first kappa shape index (κ1) is 11.1. The minimum atomic E-state index is -0.495. The van der Waals surface area contributed by atoms with Gasteiger partial charge in [0.1, 0.15) is 0 Å². The van der Waals surface area contributed by atoms with Gasteiger partial charge in [-0.15, -0.1) is 0 Å². The van der Waals surface area contributed by atoms with Gasteiger partial charge in [0.2, 0.25) is 0 Å². The summed E-state index contributed by atoms with van der Waals surface area (Å²) in [6.07, 6.45) is 4.68. The molecule has 1 N–H and O–H groups in total. The number of allylic oxidation sites excluding steroid dienone is 2. The van der Waals surface area contributed by atoms with Crippen molar-refractivity contribution in [2.45, 2.75) is 13.8 Å². The lowest BCUT2D eigenvalue weighted by Crippen LogP contribution is -2.01. The first-order valence-corrected chi connectivity index (χ1v) is 4.92. The van der Waals surface area contributed by atoms with Gasteiger partial charge in [0, 0.05) is 0 Å². The van der Waals surface area contributed by atoms with E-state index < -0.39 is 11.6 Å². The number of aromatic nitrogens is 1. The van der Waals surface area contributed by atoms with E-state index in [1.165, 1.54) is 0 Å². The number of nitrogens with zero attached hydrogens (tertiary/aromatic N) is 1. The van der Waals surface area contributed by atoms with Crippen molar-refractivity contribution in [1.29, 1.82) is 0 Å². The maximum absolute atomic E-state index is 11.2. The summed E-state index contributed by atoms with van der Waals surface area (Å²) in [6, 6.07) is 0. The van der Waals surface area contributed by atoms with Crippen molar-refractivity contribution in [2.24, 2.45) is 5.16 Å². The van der Waals surface area contributed by atoms with Crippen LogP contribution in [0.15, 0.2) is 32.2 Å². The lowest BCUT2D eigenvalue weighted by atomic mass is 10.1. The third-order valence-electron chi connectivity index (χ3n) is 2.32. The van der Waals surface area contributed by atoms with Crippen molar-refractivity contribution in [3.8, 4) is 0 Å². The van der Waals surface area contributed by atoms with Gasteiger partial charge < -0.3 is 9.36 Å². The molecule has 6 heteroatoms. The maximum atomic E-state index is 11.2. The topological polar surface area (TPSA) is 84.7 Å². The van der Waals surface area contributed by atoms with Crippen LogP contribution < -0.4 is 5.63 Å². The molecule has 17 heavy (non-hydrogen) atoms. The molecule has 0 unspecified atom stereocenters. The Morgan fingerprint density at radius 2 is 2.06 bits per heavy atom. The number of rotatable bonds is 2. The number of aromatic amines is 1. The highest BCUT2D eigenvalue weighted by Gasteiger charge is 2.20. The van der Waals surface area contributed by atoms with E-state index in [1.807, 2.05) is 0 Å². The van der Waals surface area contributed by atoms with Gasteiger partial charge in [-0.1, -0.05) is 11.2 Å². The Hall–Kier alpha value is -2.37. The molecule has 1 aromatic rings. The van der Waals surface area contributed by atoms with Crippen LogP contribution in [0.5, 0.6) is 0 Å². The molecule has 88 valence electrons. The molecule has 0 radical (unpaired) electrons. The van der Waals surface area contributed by atoms with Crippen LogP contribution in [0, 0.1) is 6.92 Å². The molecule has 0 fully saturated rings. The summed E-state index contributed by atoms with van der Waals surface area (Å²) in [5.41, 5.74) is 1.49. The monoisotopic (exact) mass is 234 g/mol. The zero-order valence-corrected chi connectivity index (χ0v) is 9.31. The van der Waals surface area contributed by atoms with Gasteiger partial charge in [-0.2, -0.15) is 0 Å². The molecule has 0 atom stereocenters. The lowest BCUT2D eigenvalue weighted by molar-refractivity contribution is -0.136. The average molecular weight is 234 g/mol. The van der Waals surface area contributed by atoms with E-state index in [0.29, 0.717) is 22.5 Å².